The van der Waals surface area contributed by atoms with Crippen molar-refractivity contribution in [3.8, 4) is 11.5 Å². The van der Waals surface area contributed by atoms with Gasteiger partial charge in [0.2, 0.25) is 11.8 Å². The van der Waals surface area contributed by atoms with Crippen molar-refractivity contribution < 1.29 is 24.2 Å². The Balaban J connectivity index is 1.71. The van der Waals surface area contributed by atoms with Crippen molar-refractivity contribution in [3.63, 3.8) is 0 Å². The second-order valence-electron chi connectivity index (χ2n) is 6.02. The molecule has 140 valence electrons. The Hall–Kier alpha value is -3.00. The fourth-order valence-corrected chi connectivity index (χ4v) is 3.67. The van der Waals surface area contributed by atoms with Crippen LogP contribution in [0, 0.1) is 6.92 Å². The molecule has 1 heterocycles. The zero-order chi connectivity index (χ0) is 19.6. The number of nitrogens with zero attached hydrogens (tertiary/aromatic N) is 1. The van der Waals surface area contributed by atoms with E-state index in [0.29, 0.717) is 11.4 Å². The van der Waals surface area contributed by atoms with E-state index in [9.17, 15) is 19.5 Å². The van der Waals surface area contributed by atoms with Crippen molar-refractivity contribution in [2.45, 2.75) is 18.6 Å². The molecule has 0 aromatic heterocycles. The van der Waals surface area contributed by atoms with E-state index in [4.69, 9.17) is 4.74 Å². The Kier molecular flexibility index (Phi) is 5.36. The number of hydrogen-bond donors (Lipinski definition) is 2. The van der Waals surface area contributed by atoms with Crippen LogP contribution >= 0.6 is 11.8 Å². The third-order valence-corrected chi connectivity index (χ3v) is 5.07. The van der Waals surface area contributed by atoms with Crippen LogP contribution in [0.15, 0.2) is 42.5 Å². The summed E-state index contributed by atoms with van der Waals surface area (Å²) < 4.78 is 5.12. The average Bonchev–Trinajstić information content (AvgIpc) is 2.91. The van der Waals surface area contributed by atoms with Crippen molar-refractivity contribution >= 4 is 40.2 Å². The summed E-state index contributed by atoms with van der Waals surface area (Å²) in [4.78, 5) is 38.3. The fourth-order valence-electron chi connectivity index (χ4n) is 2.69. The van der Waals surface area contributed by atoms with Gasteiger partial charge >= 0.3 is 0 Å². The van der Waals surface area contributed by atoms with Crippen LogP contribution in [0.5, 0.6) is 11.5 Å². The van der Waals surface area contributed by atoms with E-state index in [-0.39, 0.29) is 17.9 Å². The highest BCUT2D eigenvalue weighted by molar-refractivity contribution is 8.15. The first-order chi connectivity index (χ1) is 12.9. The fraction of sp³-hybridized carbons (Fsp3) is 0.211. The van der Waals surface area contributed by atoms with Crippen molar-refractivity contribution in [2.75, 3.05) is 17.3 Å². The molecule has 1 atom stereocenters. The number of phenolic OH excluding ortho intramolecular Hbond substituents is 1. The van der Waals surface area contributed by atoms with Crippen LogP contribution in [0.3, 0.4) is 0 Å². The number of imide groups is 1. The number of aromatic hydroxyl groups is 1. The van der Waals surface area contributed by atoms with Gasteiger partial charge in [-0.15, -0.1) is 0 Å². The molecule has 2 aromatic rings. The summed E-state index contributed by atoms with van der Waals surface area (Å²) in [6, 6.07) is 11.4. The number of nitrogens with one attached hydrogen (secondary N) is 1. The summed E-state index contributed by atoms with van der Waals surface area (Å²) in [7, 11) is 1.50. The van der Waals surface area contributed by atoms with Crippen LogP contribution in [0.4, 0.5) is 16.2 Å². The SMILES string of the molecule is COc1cccc(N2C(=O)SC(CC(=O)Nc3cc(C)ccc3O)C2=O)c1. The van der Waals surface area contributed by atoms with E-state index in [1.807, 2.05) is 6.92 Å². The van der Waals surface area contributed by atoms with Gasteiger partial charge in [0.1, 0.15) is 16.7 Å². The van der Waals surface area contributed by atoms with E-state index >= 15 is 0 Å². The number of hydrogen-bond acceptors (Lipinski definition) is 6. The molecule has 0 saturated carbocycles. The molecule has 0 spiro atoms. The summed E-state index contributed by atoms with van der Waals surface area (Å²) in [5.41, 5.74) is 1.54. The standard InChI is InChI=1S/C19H18N2O5S/c1-11-6-7-15(22)14(8-11)20-17(23)10-16-18(24)21(19(25)27-16)12-4-3-5-13(9-12)26-2/h3-9,16,22H,10H2,1-2H3,(H,20,23). The van der Waals surface area contributed by atoms with Gasteiger partial charge in [-0.25, -0.2) is 4.90 Å². The highest BCUT2D eigenvalue weighted by Crippen LogP contribution is 2.35. The maximum absolute atomic E-state index is 12.6. The summed E-state index contributed by atoms with van der Waals surface area (Å²) in [6.45, 7) is 1.83. The number of benzene rings is 2. The third kappa shape index (κ3) is 4.06. The number of thioether (sulfide) groups is 1. The van der Waals surface area contributed by atoms with Crippen LogP contribution in [0.1, 0.15) is 12.0 Å². The molecule has 0 aliphatic carbocycles. The molecular weight excluding hydrogens is 368 g/mol. The van der Waals surface area contributed by atoms with Gasteiger partial charge in [-0.3, -0.25) is 14.4 Å². The molecule has 1 unspecified atom stereocenters. The zero-order valence-electron chi connectivity index (χ0n) is 14.8. The molecule has 2 aromatic carbocycles. The minimum Gasteiger partial charge on any atom is -0.506 e. The molecule has 3 amide bonds. The second-order valence-corrected chi connectivity index (χ2v) is 7.17. The van der Waals surface area contributed by atoms with Crippen LogP contribution < -0.4 is 15.0 Å². The normalized spacial score (nSPS) is 16.5. The predicted octanol–water partition coefficient (Wildman–Crippen LogP) is 3.31. The van der Waals surface area contributed by atoms with Gasteiger partial charge in [0.05, 0.1) is 18.5 Å². The Morgan fingerprint density at radius 3 is 2.78 bits per heavy atom. The van der Waals surface area contributed by atoms with Crippen molar-refractivity contribution in [1.29, 1.82) is 0 Å². The monoisotopic (exact) mass is 386 g/mol. The summed E-state index contributed by atoms with van der Waals surface area (Å²) >= 11 is 0.810. The van der Waals surface area contributed by atoms with Gasteiger partial charge in [0.25, 0.3) is 5.24 Å². The van der Waals surface area contributed by atoms with E-state index in [1.165, 1.54) is 13.2 Å². The highest BCUT2D eigenvalue weighted by Gasteiger charge is 2.41. The van der Waals surface area contributed by atoms with E-state index in [2.05, 4.69) is 5.32 Å². The number of carbonyl (C=O) groups excluding carboxylic acids is 3. The van der Waals surface area contributed by atoms with Crippen LogP contribution in [0.25, 0.3) is 0 Å². The molecule has 1 fully saturated rings. The molecule has 1 saturated heterocycles. The second kappa shape index (κ2) is 7.71. The molecule has 2 N–H and O–H groups in total. The van der Waals surface area contributed by atoms with Crippen molar-refractivity contribution in [3.05, 3.63) is 48.0 Å². The van der Waals surface area contributed by atoms with Gasteiger partial charge < -0.3 is 15.2 Å². The predicted molar refractivity (Wildman–Crippen MR) is 103 cm³/mol. The minimum absolute atomic E-state index is 0.0616. The van der Waals surface area contributed by atoms with Gasteiger partial charge in [-0.1, -0.05) is 12.1 Å². The van der Waals surface area contributed by atoms with Gasteiger partial charge in [-0.05, 0) is 48.5 Å². The summed E-state index contributed by atoms with van der Waals surface area (Å²) in [5.74, 6) is -0.452. The third-order valence-electron chi connectivity index (χ3n) is 4.03. The Labute approximate surface area is 160 Å². The summed E-state index contributed by atoms with van der Waals surface area (Å²) in [5, 5.41) is 11.1. The maximum Gasteiger partial charge on any atom is 0.293 e. The first-order valence-electron chi connectivity index (χ1n) is 8.17. The van der Waals surface area contributed by atoms with Gasteiger partial charge in [0.15, 0.2) is 0 Å². The molecule has 3 rings (SSSR count). The molecule has 7 nitrogen and oxygen atoms in total. The Morgan fingerprint density at radius 2 is 2.04 bits per heavy atom. The number of amides is 3. The number of methoxy groups -OCH3 is 1. The Bertz CT molecular complexity index is 915. The largest absolute Gasteiger partial charge is 0.506 e. The number of ether oxygens (including phenoxy) is 1. The van der Waals surface area contributed by atoms with E-state index in [0.717, 1.165) is 22.2 Å². The lowest BCUT2D eigenvalue weighted by atomic mass is 10.2. The van der Waals surface area contributed by atoms with E-state index < -0.39 is 22.3 Å². The number of rotatable bonds is 5. The number of anilines is 2. The van der Waals surface area contributed by atoms with Crippen molar-refractivity contribution in [1.82, 2.24) is 0 Å². The lowest BCUT2D eigenvalue weighted by Gasteiger charge is -2.15. The number of phenols is 1. The van der Waals surface area contributed by atoms with Crippen LogP contribution in [-0.2, 0) is 9.59 Å². The molecule has 8 heteroatoms. The average molecular weight is 386 g/mol. The smallest absolute Gasteiger partial charge is 0.293 e. The van der Waals surface area contributed by atoms with E-state index in [1.54, 1.807) is 36.4 Å². The van der Waals surface area contributed by atoms with Crippen LogP contribution in [0.2, 0.25) is 0 Å². The molecule has 27 heavy (non-hydrogen) atoms. The molecule has 1 aliphatic heterocycles. The summed E-state index contributed by atoms with van der Waals surface area (Å²) in [6.07, 6.45) is -0.177. The first kappa shape index (κ1) is 18.8. The Morgan fingerprint density at radius 1 is 1.26 bits per heavy atom. The molecule has 0 radical (unpaired) electrons. The van der Waals surface area contributed by atoms with Crippen LogP contribution in [-0.4, -0.2) is 34.5 Å². The number of aryl methyl sites for hydroxylation is 1. The molecular formula is C19H18N2O5S. The van der Waals surface area contributed by atoms with Gasteiger partial charge in [-0.2, -0.15) is 0 Å². The highest BCUT2D eigenvalue weighted by atomic mass is 32.2. The lowest BCUT2D eigenvalue weighted by molar-refractivity contribution is -0.121. The minimum atomic E-state index is -0.823. The zero-order valence-corrected chi connectivity index (χ0v) is 15.6. The maximum atomic E-state index is 12.6. The first-order valence-corrected chi connectivity index (χ1v) is 9.05. The van der Waals surface area contributed by atoms with Crippen molar-refractivity contribution in [2.24, 2.45) is 0 Å². The molecule has 1 aliphatic rings. The topological polar surface area (TPSA) is 95.9 Å². The van der Waals surface area contributed by atoms with Gasteiger partial charge in [0, 0.05) is 12.5 Å². The number of carbonyl (C=O) groups is 3. The molecule has 0 bridgehead atoms. The lowest BCUT2D eigenvalue weighted by Crippen LogP contribution is -2.33. The quantitative estimate of drug-likeness (QED) is 0.766.